The second-order valence-electron chi connectivity index (χ2n) is 3.65. The number of hydrogen-bond donors (Lipinski definition) is 1. The van der Waals surface area contributed by atoms with Crippen molar-refractivity contribution in [1.29, 1.82) is 0 Å². The van der Waals surface area contributed by atoms with E-state index < -0.39 is 0 Å². The Morgan fingerprint density at radius 3 is 2.72 bits per heavy atom. The van der Waals surface area contributed by atoms with Crippen LogP contribution in [0.3, 0.4) is 0 Å². The number of benzene rings is 1. The molecule has 92 valence electrons. The Morgan fingerprint density at radius 1 is 1.33 bits per heavy atom. The molecule has 0 bridgehead atoms. The van der Waals surface area contributed by atoms with Crippen molar-refractivity contribution in [3.05, 3.63) is 54.4 Å². The normalized spacial score (nSPS) is 11.3. The molecule has 0 saturated carbocycles. The Labute approximate surface area is 106 Å². The van der Waals surface area contributed by atoms with Gasteiger partial charge in [-0.25, -0.2) is 0 Å². The number of aliphatic hydroxyl groups excluding tert-OH is 1. The van der Waals surface area contributed by atoms with Crippen molar-refractivity contribution in [3.63, 3.8) is 0 Å². The van der Waals surface area contributed by atoms with Gasteiger partial charge in [-0.05, 0) is 42.4 Å². The van der Waals surface area contributed by atoms with Gasteiger partial charge >= 0.3 is 0 Å². The van der Waals surface area contributed by atoms with Gasteiger partial charge in [0, 0.05) is 11.6 Å². The molecule has 0 spiro atoms. The maximum absolute atomic E-state index is 9.95. The van der Waals surface area contributed by atoms with E-state index in [1.165, 1.54) is 0 Å². The summed E-state index contributed by atoms with van der Waals surface area (Å²) in [7, 11) is 0. The highest BCUT2D eigenvalue weighted by Gasteiger charge is 2.04. The minimum atomic E-state index is 0.154. The highest BCUT2D eigenvalue weighted by atomic mass is 16.5. The quantitative estimate of drug-likeness (QED) is 0.662. The van der Waals surface area contributed by atoms with Crippen molar-refractivity contribution < 1.29 is 14.5 Å². The average Bonchev–Trinajstić information content (AvgIpc) is 2.41. The maximum atomic E-state index is 9.95. The molecule has 0 saturated heterocycles. The molecule has 2 aromatic rings. The molecular formula is C14H15N2O2+. The van der Waals surface area contributed by atoms with Crippen LogP contribution in [-0.4, -0.2) is 16.8 Å². The van der Waals surface area contributed by atoms with Gasteiger partial charge in [-0.15, -0.1) is 0 Å². The highest BCUT2D eigenvalue weighted by molar-refractivity contribution is 5.66. The van der Waals surface area contributed by atoms with Crippen molar-refractivity contribution in [2.45, 2.75) is 6.92 Å². The fourth-order valence-electron chi connectivity index (χ4n) is 1.51. The van der Waals surface area contributed by atoms with Crippen LogP contribution in [0.15, 0.2) is 48.8 Å². The second-order valence-corrected chi connectivity index (χ2v) is 3.65. The summed E-state index contributed by atoms with van der Waals surface area (Å²) < 4.78 is 6.89. The summed E-state index contributed by atoms with van der Waals surface area (Å²) in [6.07, 6.45) is 4.96. The molecule has 4 nitrogen and oxygen atoms in total. The molecule has 0 unspecified atom stereocenters. The molecule has 0 fully saturated rings. The van der Waals surface area contributed by atoms with E-state index in [-0.39, 0.29) is 5.76 Å². The molecule has 2 rings (SSSR count). The molecule has 1 N–H and O–H groups in total. The minimum absolute atomic E-state index is 0.154. The number of aliphatic hydroxyl groups is 1. The molecule has 0 amide bonds. The van der Waals surface area contributed by atoms with Crippen molar-refractivity contribution >= 4 is 12.0 Å². The second kappa shape index (κ2) is 5.82. The van der Waals surface area contributed by atoms with Gasteiger partial charge in [-0.3, -0.25) is 0 Å². The molecule has 1 aromatic heterocycles. The third kappa shape index (κ3) is 3.07. The lowest BCUT2D eigenvalue weighted by atomic mass is 10.2. The maximum Gasteiger partial charge on any atom is 0.244 e. The Morgan fingerprint density at radius 2 is 2.11 bits per heavy atom. The smallest absolute Gasteiger partial charge is 0.244 e. The van der Waals surface area contributed by atoms with Gasteiger partial charge in [0.15, 0.2) is 5.76 Å². The van der Waals surface area contributed by atoms with Crippen molar-refractivity contribution in [2.75, 3.05) is 6.61 Å². The van der Waals surface area contributed by atoms with Crippen molar-refractivity contribution in [3.8, 4) is 5.75 Å². The van der Waals surface area contributed by atoms with E-state index in [0.29, 0.717) is 6.61 Å². The van der Waals surface area contributed by atoms with E-state index in [2.05, 4.69) is 5.10 Å². The average molecular weight is 243 g/mol. The lowest BCUT2D eigenvalue weighted by Gasteiger charge is -2.03. The van der Waals surface area contributed by atoms with Crippen LogP contribution in [0.2, 0.25) is 0 Å². The van der Waals surface area contributed by atoms with Crippen LogP contribution in [-0.2, 0) is 0 Å². The molecule has 1 heterocycles. The number of aromatic nitrogens is 2. The van der Waals surface area contributed by atoms with Crippen molar-refractivity contribution in [1.82, 2.24) is 5.10 Å². The predicted octanol–water partition coefficient (Wildman–Crippen LogP) is 2.28. The number of ether oxygens (including phenoxy) is 1. The first kappa shape index (κ1) is 12.1. The molecule has 0 atom stereocenters. The van der Waals surface area contributed by atoms with Crippen LogP contribution in [0.25, 0.3) is 12.0 Å². The third-order valence-electron chi connectivity index (χ3n) is 2.35. The molecule has 18 heavy (non-hydrogen) atoms. The van der Waals surface area contributed by atoms with Gasteiger partial charge < -0.3 is 9.84 Å². The van der Waals surface area contributed by atoms with E-state index in [4.69, 9.17) is 4.74 Å². The fraction of sp³-hybridized carbons (Fsp3) is 0.143. The number of rotatable bonds is 4. The largest absolute Gasteiger partial charge is 0.502 e. The van der Waals surface area contributed by atoms with Crippen LogP contribution < -0.4 is 9.42 Å². The van der Waals surface area contributed by atoms with Gasteiger partial charge in [0.25, 0.3) is 0 Å². The van der Waals surface area contributed by atoms with Crippen LogP contribution >= 0.6 is 0 Å². The Hall–Kier alpha value is -2.36. The predicted molar refractivity (Wildman–Crippen MR) is 68.8 cm³/mol. The highest BCUT2D eigenvalue weighted by Crippen LogP contribution is 2.16. The molecule has 0 aliphatic carbocycles. The Bertz CT molecular complexity index is 521. The SMILES string of the molecule is CCOc1ccc(/C(O)=C/[n+]2ccccn2)cc1. The molecule has 0 aliphatic heterocycles. The molecule has 4 heteroatoms. The van der Waals surface area contributed by atoms with Gasteiger partial charge in [0.1, 0.15) is 5.75 Å². The van der Waals surface area contributed by atoms with Gasteiger partial charge in [-0.1, -0.05) is 4.68 Å². The van der Waals surface area contributed by atoms with E-state index >= 15 is 0 Å². The summed E-state index contributed by atoms with van der Waals surface area (Å²) in [6.45, 7) is 2.56. The van der Waals surface area contributed by atoms with E-state index in [1.54, 1.807) is 35.4 Å². The first-order valence-electron chi connectivity index (χ1n) is 5.76. The first-order valence-corrected chi connectivity index (χ1v) is 5.76. The van der Waals surface area contributed by atoms with Crippen LogP contribution in [0.4, 0.5) is 0 Å². The summed E-state index contributed by atoms with van der Waals surface area (Å²) >= 11 is 0. The van der Waals surface area contributed by atoms with Crippen LogP contribution in [0.5, 0.6) is 5.75 Å². The summed E-state index contributed by atoms with van der Waals surface area (Å²) in [4.78, 5) is 0. The van der Waals surface area contributed by atoms with Crippen molar-refractivity contribution in [2.24, 2.45) is 0 Å². The Kier molecular flexibility index (Phi) is 3.91. The zero-order chi connectivity index (χ0) is 12.8. The zero-order valence-electron chi connectivity index (χ0n) is 10.2. The molecule has 0 aliphatic rings. The molecular weight excluding hydrogens is 228 g/mol. The standard InChI is InChI=1S/C14H14N2O2/c1-2-18-13-7-5-12(6-8-13)14(17)11-16-10-4-3-9-15-16/h3-11H,2H2,1H3/p+1. The number of hydrogen-bond acceptors (Lipinski definition) is 3. The Balaban J connectivity index is 2.18. The fourth-order valence-corrected chi connectivity index (χ4v) is 1.51. The molecule has 0 radical (unpaired) electrons. The van der Waals surface area contributed by atoms with Gasteiger partial charge in [0.05, 0.1) is 12.8 Å². The first-order chi connectivity index (χ1) is 8.79. The van der Waals surface area contributed by atoms with Gasteiger partial charge in [-0.2, -0.15) is 0 Å². The van der Waals surface area contributed by atoms with E-state index in [1.807, 2.05) is 31.2 Å². The van der Waals surface area contributed by atoms with E-state index in [0.717, 1.165) is 11.3 Å². The van der Waals surface area contributed by atoms with Gasteiger partial charge in [0.2, 0.25) is 12.4 Å². The monoisotopic (exact) mass is 243 g/mol. The van der Waals surface area contributed by atoms with E-state index in [9.17, 15) is 5.11 Å². The zero-order valence-corrected chi connectivity index (χ0v) is 10.2. The summed E-state index contributed by atoms with van der Waals surface area (Å²) in [5.41, 5.74) is 0.719. The van der Waals surface area contributed by atoms with Crippen LogP contribution in [0, 0.1) is 0 Å². The van der Waals surface area contributed by atoms with Crippen LogP contribution in [0.1, 0.15) is 12.5 Å². The summed E-state index contributed by atoms with van der Waals surface area (Å²) in [5.74, 6) is 0.946. The lowest BCUT2D eigenvalue weighted by Crippen LogP contribution is -2.29. The topological polar surface area (TPSA) is 46.2 Å². The third-order valence-corrected chi connectivity index (χ3v) is 2.35. The molecule has 1 aromatic carbocycles. The summed E-state index contributed by atoms with van der Waals surface area (Å²) in [5, 5.41) is 14.0. The minimum Gasteiger partial charge on any atom is -0.502 e. The number of nitrogens with zero attached hydrogens (tertiary/aromatic N) is 2. The lowest BCUT2D eigenvalue weighted by molar-refractivity contribution is -0.634. The summed E-state index contributed by atoms with van der Waals surface area (Å²) in [6, 6.07) is 10.9.